The van der Waals surface area contributed by atoms with Crippen molar-refractivity contribution in [1.29, 1.82) is 0 Å². The number of carboxylic acids is 2. The monoisotopic (exact) mass is 499 g/mol. The highest BCUT2D eigenvalue weighted by molar-refractivity contribution is 7.83. The average Bonchev–Trinajstić information content (AvgIpc) is 3.25. The summed E-state index contributed by atoms with van der Waals surface area (Å²) in [5.41, 5.74) is -0.175. The Morgan fingerprint density at radius 3 is 2.03 bits per heavy atom. The summed E-state index contributed by atoms with van der Waals surface area (Å²) < 4.78 is 49.3. The predicted octanol–water partition coefficient (Wildman–Crippen LogP) is 3.35. The highest BCUT2D eigenvalue weighted by atomic mass is 32.2. The number of nitrogens with zero attached hydrogens (tertiary/aromatic N) is 2. The summed E-state index contributed by atoms with van der Waals surface area (Å²) in [7, 11) is -2.75. The summed E-state index contributed by atoms with van der Waals surface area (Å²) >= 11 is 0. The molecule has 4 N–H and O–H groups in total. The van der Waals surface area contributed by atoms with Crippen LogP contribution in [-0.4, -0.2) is 58.7 Å². The minimum Gasteiger partial charge on any atom is -0.502 e. The highest BCUT2D eigenvalue weighted by Crippen LogP contribution is 2.22. The summed E-state index contributed by atoms with van der Waals surface area (Å²) in [4.78, 5) is 42.8. The number of rotatable bonds is 5. The molecule has 0 amide bonds. The lowest BCUT2D eigenvalue weighted by Crippen LogP contribution is -2.00. The number of aromatic nitrogens is 1. The molecular weight excluding hydrogens is 474 g/mol. The number of para-hydroxylation sites is 1. The number of fused-ring (bicyclic) bond motifs is 1. The number of carboxylic acid groups (broad SMARTS) is 2. The van der Waals surface area contributed by atoms with Crippen LogP contribution >= 0.6 is 0 Å². The van der Waals surface area contributed by atoms with Gasteiger partial charge in [0, 0.05) is 66.2 Å². The fraction of sp³-hybridized carbons (Fsp3) is 0.100. The summed E-state index contributed by atoms with van der Waals surface area (Å²) in [5, 5.41) is 47.7. The molecule has 0 unspecified atom stereocenters. The van der Waals surface area contributed by atoms with Gasteiger partial charge in [-0.3, -0.25) is 24.4 Å². The molecule has 0 saturated heterocycles. The molecule has 0 bridgehead atoms. The van der Waals surface area contributed by atoms with Crippen LogP contribution in [0.3, 0.4) is 0 Å². The third kappa shape index (κ3) is 8.51. The van der Waals surface area contributed by atoms with Crippen LogP contribution in [-0.2, 0) is 15.6 Å². The number of carbonyl (C=O) groups is 2. The van der Waals surface area contributed by atoms with E-state index in [9.17, 15) is 34.0 Å². The lowest BCUT2D eigenvalue weighted by atomic mass is 10.1. The van der Waals surface area contributed by atoms with E-state index in [1.807, 2.05) is 24.3 Å². The molecule has 0 radical (unpaired) electrons. The number of hydrogen-bond donors (Lipinski definition) is 4. The van der Waals surface area contributed by atoms with Gasteiger partial charge >= 0.3 is 11.9 Å². The second kappa shape index (κ2) is 12.4. The fourth-order valence-corrected chi connectivity index (χ4v) is 2.35. The Balaban J connectivity index is 0.000000308. The van der Waals surface area contributed by atoms with E-state index in [1.54, 1.807) is 6.20 Å². The Labute approximate surface area is 202 Å². The number of aliphatic hydroxyl groups is 1. The highest BCUT2D eigenvalue weighted by Gasteiger charge is 2.19. The van der Waals surface area contributed by atoms with Gasteiger partial charge in [0.15, 0.2) is 0 Å². The number of nitro groups is 2. The van der Waals surface area contributed by atoms with Crippen molar-refractivity contribution in [3.8, 4) is 0 Å². The third-order valence-corrected chi connectivity index (χ3v) is 3.70. The number of H-pyrrole nitrogens is 1. The van der Waals surface area contributed by atoms with Crippen molar-refractivity contribution in [3.05, 3.63) is 85.8 Å². The molecule has 14 heteroatoms. The lowest BCUT2D eigenvalue weighted by molar-refractivity contribution is -0.394. The van der Waals surface area contributed by atoms with E-state index >= 15 is 0 Å². The van der Waals surface area contributed by atoms with Gasteiger partial charge in [0.05, 0.1) is 21.5 Å². The van der Waals surface area contributed by atoms with E-state index in [0.29, 0.717) is 11.6 Å². The normalized spacial score (nSPS) is 13.9. The third-order valence-electron chi connectivity index (χ3n) is 3.70. The second-order valence-corrected chi connectivity index (χ2v) is 6.49. The van der Waals surface area contributed by atoms with Gasteiger partial charge in [0.2, 0.25) is 5.76 Å². The van der Waals surface area contributed by atoms with Crippen molar-refractivity contribution in [2.75, 3.05) is 12.4 Å². The quantitative estimate of drug-likeness (QED) is 0.174. The number of benzene rings is 2. The summed E-state index contributed by atoms with van der Waals surface area (Å²) in [5.74, 6) is -3.46. The smallest absolute Gasteiger partial charge is 0.370 e. The van der Waals surface area contributed by atoms with E-state index in [4.69, 9.17) is 23.5 Å². The maximum Gasteiger partial charge on any atom is 0.370 e. The Bertz CT molecular complexity index is 1390. The van der Waals surface area contributed by atoms with Gasteiger partial charge in [-0.1, -0.05) is 18.2 Å². The van der Waals surface area contributed by atoms with E-state index in [2.05, 4.69) is 4.98 Å². The summed E-state index contributed by atoms with van der Waals surface area (Å²) in [6, 6.07) is 9.68. The summed E-state index contributed by atoms with van der Waals surface area (Å²) in [6.07, 6.45) is -2.92. The first-order chi connectivity index (χ1) is 18.2. The van der Waals surface area contributed by atoms with Crippen LogP contribution in [0.1, 0.15) is 24.1 Å². The van der Waals surface area contributed by atoms with Crippen LogP contribution in [0.5, 0.6) is 0 Å². The number of aliphatic hydroxyl groups excluding tert-OH is 1. The molecule has 0 aliphatic rings. The van der Waals surface area contributed by atoms with Crippen molar-refractivity contribution < 1.29 is 47.2 Å². The average molecular weight is 499 g/mol. The van der Waals surface area contributed by atoms with Gasteiger partial charge in [-0.15, -0.1) is 0 Å². The molecule has 0 aliphatic carbocycles. The maximum atomic E-state index is 10.5. The molecule has 0 aliphatic heterocycles. The molecular formula is C20H19N3O10S. The van der Waals surface area contributed by atoms with Crippen LogP contribution < -0.4 is 0 Å². The van der Waals surface area contributed by atoms with Gasteiger partial charge in [0.25, 0.3) is 11.4 Å². The molecule has 3 rings (SSSR count). The number of hydrogen-bond acceptors (Lipinski definition) is 8. The molecule has 0 saturated carbocycles. The molecule has 180 valence electrons. The number of aliphatic carboxylic acids is 1. The number of non-ortho nitro benzene ring substituents is 2. The van der Waals surface area contributed by atoms with Crippen molar-refractivity contribution in [3.63, 3.8) is 0 Å². The molecule has 3 aromatic rings. The van der Waals surface area contributed by atoms with Gasteiger partial charge in [-0.2, -0.15) is 0 Å². The molecule has 0 atom stereocenters. The minimum absolute atomic E-state index is 0.490. The van der Waals surface area contributed by atoms with E-state index in [-0.39, 0.29) is 0 Å². The van der Waals surface area contributed by atoms with E-state index in [1.165, 1.54) is 6.08 Å². The van der Waals surface area contributed by atoms with Crippen molar-refractivity contribution in [1.82, 2.24) is 4.98 Å². The number of aromatic amines is 1. The van der Waals surface area contributed by atoms with E-state index in [0.717, 1.165) is 23.0 Å². The van der Waals surface area contributed by atoms with Crippen LogP contribution in [0.4, 0.5) is 11.4 Å². The molecule has 34 heavy (non-hydrogen) atoms. The number of aromatic carboxylic acids is 1. The molecule has 1 heterocycles. The van der Waals surface area contributed by atoms with Crippen molar-refractivity contribution in [2.24, 2.45) is 0 Å². The Morgan fingerprint density at radius 2 is 1.59 bits per heavy atom. The minimum atomic E-state index is -2.90. The molecule has 0 fully saturated rings. The van der Waals surface area contributed by atoms with Crippen LogP contribution in [0.15, 0.2) is 54.4 Å². The molecule has 1 aromatic heterocycles. The van der Waals surface area contributed by atoms with Gasteiger partial charge < -0.3 is 20.3 Å². The predicted molar refractivity (Wildman–Crippen MR) is 123 cm³/mol. The van der Waals surface area contributed by atoms with Gasteiger partial charge in [-0.05, 0) is 12.1 Å². The zero-order chi connectivity index (χ0) is 31.0. The fourth-order valence-electron chi connectivity index (χ4n) is 2.35. The molecule has 0 spiro atoms. The maximum absolute atomic E-state index is 10.5. The lowest BCUT2D eigenvalue weighted by Gasteiger charge is -1.96. The SMILES string of the molecule is O=C(O)/C(O)=C/c1c[nH]c2ccccc12.O=C(O)c1cc([N+](=O)[O-])cc([N+](=O)[O-])c1.[2H]C([2H])([2H])S(=O)C([2H])([2H])[2H]. The van der Waals surface area contributed by atoms with Crippen LogP contribution in [0.2, 0.25) is 0 Å². The first kappa shape index (κ1) is 18.9. The van der Waals surface area contributed by atoms with Crippen LogP contribution in [0.25, 0.3) is 17.0 Å². The van der Waals surface area contributed by atoms with Crippen molar-refractivity contribution >= 4 is 51.1 Å². The van der Waals surface area contributed by atoms with Gasteiger partial charge in [0.1, 0.15) is 0 Å². The molecule has 2 aromatic carbocycles. The molecule has 13 nitrogen and oxygen atoms in total. The zero-order valence-electron chi connectivity index (χ0n) is 22.7. The Kier molecular flexibility index (Phi) is 6.93. The standard InChI is InChI=1S/C11H9NO3.C7H4N2O6.C2H6OS/c13-10(11(14)15)5-7-6-12-9-4-2-1-3-8(7)9;10-7(11)4-1-5(8(12)13)3-6(2-4)9(14)15;1-4(2)3/h1-6,12-13H,(H,14,15);1-3H,(H,10,11);1-2H3/b10-5-;;/i;;1D3,2D3. The first-order valence-electron chi connectivity index (χ1n) is 11.5. The second-order valence-electron chi connectivity index (χ2n) is 5.95. The van der Waals surface area contributed by atoms with Gasteiger partial charge in [-0.25, -0.2) is 9.59 Å². The first-order valence-corrected chi connectivity index (χ1v) is 9.70. The largest absolute Gasteiger partial charge is 0.502 e. The Hall–Kier alpha value is -4.59. The zero-order valence-corrected chi connectivity index (χ0v) is 17.5. The van der Waals surface area contributed by atoms with Crippen molar-refractivity contribution in [2.45, 2.75) is 0 Å². The van der Waals surface area contributed by atoms with E-state index < -0.39 is 67.7 Å². The summed E-state index contributed by atoms with van der Waals surface area (Å²) in [6.45, 7) is 0. The number of nitrogens with one attached hydrogen (secondary N) is 1. The Morgan fingerprint density at radius 1 is 1.03 bits per heavy atom. The topological polar surface area (TPSA) is 214 Å². The van der Waals surface area contributed by atoms with Crippen LogP contribution in [0, 0.1) is 20.2 Å². The number of nitro benzene ring substituents is 2.